The van der Waals surface area contributed by atoms with Crippen molar-refractivity contribution in [1.82, 2.24) is 14.7 Å². The molecule has 1 aromatic heterocycles. The third-order valence-corrected chi connectivity index (χ3v) is 6.26. The van der Waals surface area contributed by atoms with Gasteiger partial charge in [-0.3, -0.25) is 14.3 Å². The van der Waals surface area contributed by atoms with Crippen LogP contribution in [0.2, 0.25) is 0 Å². The summed E-state index contributed by atoms with van der Waals surface area (Å²) in [5, 5.41) is 4.58. The molecule has 3 heterocycles. The van der Waals surface area contributed by atoms with Crippen LogP contribution in [0, 0.1) is 5.92 Å². The third kappa shape index (κ3) is 3.18. The van der Waals surface area contributed by atoms with E-state index in [1.54, 1.807) is 22.9 Å². The first kappa shape index (κ1) is 18.2. The van der Waals surface area contributed by atoms with E-state index in [-0.39, 0.29) is 24.4 Å². The van der Waals surface area contributed by atoms with E-state index >= 15 is 0 Å². The number of piperidine rings is 1. The standard InChI is InChI=1S/C22H25N3O4/c1-24-20(16-6-2-3-7-17(16)23-24)22(27)25-10-4-5-15(12-25)21(26)14-8-9-18-19(11-14)29-13-28-18/h8-9,11,15H,2-7,10,12-13H2,1H3/t15-/m0/s1. The summed E-state index contributed by atoms with van der Waals surface area (Å²) in [7, 11) is 1.85. The average molecular weight is 395 g/mol. The van der Waals surface area contributed by atoms with Crippen molar-refractivity contribution in [3.05, 3.63) is 40.7 Å². The summed E-state index contributed by atoms with van der Waals surface area (Å²) in [5.74, 6) is 1.15. The summed E-state index contributed by atoms with van der Waals surface area (Å²) in [6.45, 7) is 1.32. The summed E-state index contributed by atoms with van der Waals surface area (Å²) < 4.78 is 12.5. The lowest BCUT2D eigenvalue weighted by atomic mass is 9.89. The first-order valence-electron chi connectivity index (χ1n) is 10.4. The molecule has 7 heteroatoms. The number of ketones is 1. The number of Topliss-reactive ketones (excluding diaryl/α,β-unsaturated/α-hetero) is 1. The van der Waals surface area contributed by atoms with Crippen molar-refractivity contribution in [2.75, 3.05) is 19.9 Å². The number of benzene rings is 1. The van der Waals surface area contributed by atoms with Crippen molar-refractivity contribution < 1.29 is 19.1 Å². The lowest BCUT2D eigenvalue weighted by Crippen LogP contribution is -2.43. The Morgan fingerprint density at radius 2 is 1.93 bits per heavy atom. The number of amides is 1. The Balaban J connectivity index is 1.35. The third-order valence-electron chi connectivity index (χ3n) is 6.26. The molecule has 0 radical (unpaired) electrons. The summed E-state index contributed by atoms with van der Waals surface area (Å²) in [5.41, 5.74) is 3.49. The van der Waals surface area contributed by atoms with E-state index in [4.69, 9.17) is 9.47 Å². The van der Waals surface area contributed by atoms with Crippen LogP contribution in [0.3, 0.4) is 0 Å². The van der Waals surface area contributed by atoms with Crippen molar-refractivity contribution in [1.29, 1.82) is 0 Å². The molecule has 1 atom stereocenters. The molecule has 5 rings (SSSR count). The summed E-state index contributed by atoms with van der Waals surface area (Å²) in [6, 6.07) is 5.32. The lowest BCUT2D eigenvalue weighted by molar-refractivity contribution is 0.0627. The predicted octanol–water partition coefficient (Wildman–Crippen LogP) is 2.76. The van der Waals surface area contributed by atoms with E-state index in [1.807, 2.05) is 11.9 Å². The van der Waals surface area contributed by atoms with Gasteiger partial charge in [0.15, 0.2) is 17.3 Å². The van der Waals surface area contributed by atoms with Gasteiger partial charge in [0.2, 0.25) is 6.79 Å². The van der Waals surface area contributed by atoms with Gasteiger partial charge in [-0.25, -0.2) is 0 Å². The predicted molar refractivity (Wildman–Crippen MR) is 105 cm³/mol. The SMILES string of the molecule is Cn1nc2c(c1C(=O)N1CCC[C@H](C(=O)c3ccc4c(c3)OCO4)C1)CCCC2. The fourth-order valence-electron chi connectivity index (χ4n) is 4.76. The first-order chi connectivity index (χ1) is 14.1. The monoisotopic (exact) mass is 395 g/mol. The molecule has 2 aliphatic heterocycles. The molecule has 1 aliphatic carbocycles. The maximum Gasteiger partial charge on any atom is 0.272 e. The van der Waals surface area contributed by atoms with Gasteiger partial charge in [-0.15, -0.1) is 0 Å². The van der Waals surface area contributed by atoms with Gasteiger partial charge in [0.05, 0.1) is 5.69 Å². The second kappa shape index (κ2) is 7.21. The van der Waals surface area contributed by atoms with Crippen LogP contribution in [-0.2, 0) is 19.9 Å². The number of fused-ring (bicyclic) bond motifs is 2. The van der Waals surface area contributed by atoms with Crippen LogP contribution in [0.4, 0.5) is 0 Å². The number of rotatable bonds is 3. The van der Waals surface area contributed by atoms with Gasteiger partial charge < -0.3 is 14.4 Å². The maximum atomic E-state index is 13.3. The van der Waals surface area contributed by atoms with Gasteiger partial charge in [0, 0.05) is 37.2 Å². The molecule has 0 saturated carbocycles. The van der Waals surface area contributed by atoms with Crippen LogP contribution in [0.1, 0.15) is 57.8 Å². The highest BCUT2D eigenvalue weighted by Gasteiger charge is 2.33. The maximum absolute atomic E-state index is 13.3. The summed E-state index contributed by atoms with van der Waals surface area (Å²) >= 11 is 0. The Hall–Kier alpha value is -2.83. The molecule has 1 amide bonds. The minimum absolute atomic E-state index is 0.00587. The number of aryl methyl sites for hydroxylation is 2. The fourth-order valence-corrected chi connectivity index (χ4v) is 4.76. The number of aromatic nitrogens is 2. The molecule has 1 aromatic carbocycles. The highest BCUT2D eigenvalue weighted by molar-refractivity contribution is 6.00. The van der Waals surface area contributed by atoms with Crippen molar-refractivity contribution >= 4 is 11.7 Å². The Morgan fingerprint density at radius 3 is 2.83 bits per heavy atom. The van der Waals surface area contributed by atoms with E-state index in [1.165, 1.54) is 0 Å². The molecule has 7 nitrogen and oxygen atoms in total. The molecular weight excluding hydrogens is 370 g/mol. The molecule has 29 heavy (non-hydrogen) atoms. The quantitative estimate of drug-likeness (QED) is 0.747. The fraction of sp³-hybridized carbons (Fsp3) is 0.500. The molecule has 0 spiro atoms. The largest absolute Gasteiger partial charge is 0.454 e. The highest BCUT2D eigenvalue weighted by atomic mass is 16.7. The molecule has 2 aromatic rings. The smallest absolute Gasteiger partial charge is 0.272 e. The van der Waals surface area contributed by atoms with Gasteiger partial charge in [0.25, 0.3) is 5.91 Å². The molecule has 152 valence electrons. The van der Waals surface area contributed by atoms with Gasteiger partial charge in [-0.2, -0.15) is 5.10 Å². The lowest BCUT2D eigenvalue weighted by Gasteiger charge is -2.32. The van der Waals surface area contributed by atoms with Crippen LogP contribution in [0.25, 0.3) is 0 Å². The topological polar surface area (TPSA) is 73.7 Å². The van der Waals surface area contributed by atoms with Crippen LogP contribution < -0.4 is 9.47 Å². The number of hydrogen-bond donors (Lipinski definition) is 0. The number of likely N-dealkylation sites (tertiary alicyclic amines) is 1. The Labute approximate surface area is 169 Å². The minimum Gasteiger partial charge on any atom is -0.454 e. The zero-order valence-corrected chi connectivity index (χ0v) is 16.6. The van der Waals surface area contributed by atoms with Crippen LogP contribution in [0.15, 0.2) is 18.2 Å². The van der Waals surface area contributed by atoms with Crippen molar-refractivity contribution in [3.63, 3.8) is 0 Å². The molecular formula is C22H25N3O4. The second-order valence-corrected chi connectivity index (χ2v) is 8.13. The number of ether oxygens (including phenoxy) is 2. The van der Waals surface area contributed by atoms with Crippen LogP contribution in [0.5, 0.6) is 11.5 Å². The number of nitrogens with zero attached hydrogens (tertiary/aromatic N) is 3. The van der Waals surface area contributed by atoms with Crippen molar-refractivity contribution in [2.45, 2.75) is 38.5 Å². The number of carbonyl (C=O) groups excluding carboxylic acids is 2. The van der Waals surface area contributed by atoms with Crippen LogP contribution >= 0.6 is 0 Å². The zero-order chi connectivity index (χ0) is 20.0. The first-order valence-corrected chi connectivity index (χ1v) is 10.4. The van der Waals surface area contributed by atoms with Crippen molar-refractivity contribution in [3.8, 4) is 11.5 Å². The van der Waals surface area contributed by atoms with Crippen LogP contribution in [-0.4, -0.2) is 46.3 Å². The molecule has 0 N–H and O–H groups in total. The molecule has 3 aliphatic rings. The van der Waals surface area contributed by atoms with E-state index < -0.39 is 0 Å². The normalized spacial score (nSPS) is 20.4. The number of hydrogen-bond acceptors (Lipinski definition) is 5. The van der Waals surface area contributed by atoms with E-state index in [2.05, 4.69) is 5.10 Å². The van der Waals surface area contributed by atoms with E-state index in [0.29, 0.717) is 35.8 Å². The van der Waals surface area contributed by atoms with Crippen molar-refractivity contribution in [2.24, 2.45) is 13.0 Å². The minimum atomic E-state index is -0.197. The zero-order valence-electron chi connectivity index (χ0n) is 16.6. The summed E-state index contributed by atoms with van der Waals surface area (Å²) in [4.78, 5) is 28.3. The average Bonchev–Trinajstić information content (AvgIpc) is 3.35. The highest BCUT2D eigenvalue weighted by Crippen LogP contribution is 2.34. The van der Waals surface area contributed by atoms with E-state index in [0.717, 1.165) is 49.8 Å². The molecule has 1 saturated heterocycles. The summed E-state index contributed by atoms with van der Waals surface area (Å²) in [6.07, 6.45) is 5.71. The second-order valence-electron chi connectivity index (χ2n) is 8.13. The Morgan fingerprint density at radius 1 is 1.10 bits per heavy atom. The van der Waals surface area contributed by atoms with Gasteiger partial charge in [-0.1, -0.05) is 0 Å². The van der Waals surface area contributed by atoms with Gasteiger partial charge >= 0.3 is 0 Å². The molecule has 0 bridgehead atoms. The Bertz CT molecular complexity index is 981. The molecule has 1 fully saturated rings. The van der Waals surface area contributed by atoms with Gasteiger partial charge in [-0.05, 0) is 56.7 Å². The Kier molecular flexibility index (Phi) is 4.53. The van der Waals surface area contributed by atoms with Gasteiger partial charge in [0.1, 0.15) is 5.69 Å². The van der Waals surface area contributed by atoms with E-state index in [9.17, 15) is 9.59 Å². The molecule has 0 unspecified atom stereocenters. The number of carbonyl (C=O) groups is 2.